The number of thioether (sulfide) groups is 1. The highest BCUT2D eigenvalue weighted by molar-refractivity contribution is 7.99. The highest BCUT2D eigenvalue weighted by Crippen LogP contribution is 2.17. The number of nitrogens with one attached hydrogen (secondary N) is 1. The van der Waals surface area contributed by atoms with Crippen molar-refractivity contribution in [2.45, 2.75) is 0 Å². The third kappa shape index (κ3) is 2.75. The van der Waals surface area contributed by atoms with Gasteiger partial charge in [0.05, 0.1) is 16.8 Å². The first-order valence-corrected chi connectivity index (χ1v) is 6.65. The molecular formula is C13H15N3S. The van der Waals surface area contributed by atoms with E-state index < -0.39 is 0 Å². The van der Waals surface area contributed by atoms with Crippen LogP contribution < -0.4 is 5.32 Å². The summed E-state index contributed by atoms with van der Waals surface area (Å²) < 4.78 is 2.07. The standard InChI is InChI=1S/C13H15N3S/c1-3-9-17-10-8-14-13-15-11-6-4-5-7-12(11)16(13)2/h1,4-7H,8-10H2,2H3,(H,14,15). The van der Waals surface area contributed by atoms with Crippen molar-refractivity contribution in [2.75, 3.05) is 23.4 Å². The average Bonchev–Trinajstić information content (AvgIpc) is 2.67. The van der Waals surface area contributed by atoms with Gasteiger partial charge in [-0.05, 0) is 12.1 Å². The fraction of sp³-hybridized carbons (Fsp3) is 0.308. The lowest BCUT2D eigenvalue weighted by molar-refractivity contribution is 0.938. The van der Waals surface area contributed by atoms with E-state index in [4.69, 9.17) is 6.42 Å². The minimum atomic E-state index is 0.768. The fourth-order valence-corrected chi connectivity index (χ4v) is 2.18. The van der Waals surface area contributed by atoms with E-state index in [-0.39, 0.29) is 0 Å². The van der Waals surface area contributed by atoms with Crippen molar-refractivity contribution in [1.29, 1.82) is 0 Å². The Morgan fingerprint density at radius 3 is 3.06 bits per heavy atom. The summed E-state index contributed by atoms with van der Waals surface area (Å²) in [6, 6.07) is 8.12. The van der Waals surface area contributed by atoms with Crippen LogP contribution in [-0.2, 0) is 7.05 Å². The average molecular weight is 245 g/mol. The molecule has 0 unspecified atom stereocenters. The Morgan fingerprint density at radius 1 is 1.47 bits per heavy atom. The van der Waals surface area contributed by atoms with E-state index in [9.17, 15) is 0 Å². The van der Waals surface area contributed by atoms with Crippen LogP contribution in [0.25, 0.3) is 11.0 Å². The van der Waals surface area contributed by atoms with Crippen LogP contribution in [0.2, 0.25) is 0 Å². The Hall–Kier alpha value is -1.60. The van der Waals surface area contributed by atoms with E-state index in [2.05, 4.69) is 26.9 Å². The Bertz CT molecular complexity index is 539. The molecule has 17 heavy (non-hydrogen) atoms. The van der Waals surface area contributed by atoms with Gasteiger partial charge in [0.15, 0.2) is 0 Å². The van der Waals surface area contributed by atoms with Gasteiger partial charge in [-0.2, -0.15) is 0 Å². The monoisotopic (exact) mass is 245 g/mol. The van der Waals surface area contributed by atoms with Crippen LogP contribution in [0.4, 0.5) is 5.95 Å². The quantitative estimate of drug-likeness (QED) is 0.648. The molecular weight excluding hydrogens is 230 g/mol. The second-order valence-electron chi connectivity index (χ2n) is 3.67. The van der Waals surface area contributed by atoms with Crippen molar-refractivity contribution in [3.63, 3.8) is 0 Å². The summed E-state index contributed by atoms with van der Waals surface area (Å²) in [6.07, 6.45) is 5.19. The van der Waals surface area contributed by atoms with Gasteiger partial charge in [-0.25, -0.2) is 4.98 Å². The molecule has 0 atom stereocenters. The van der Waals surface area contributed by atoms with Gasteiger partial charge in [0.25, 0.3) is 0 Å². The van der Waals surface area contributed by atoms with Crippen LogP contribution >= 0.6 is 11.8 Å². The Balaban J connectivity index is 1.99. The summed E-state index contributed by atoms with van der Waals surface area (Å²) in [5.41, 5.74) is 2.17. The molecule has 1 heterocycles. The van der Waals surface area contributed by atoms with E-state index in [1.807, 2.05) is 25.2 Å². The van der Waals surface area contributed by atoms with Crippen LogP contribution in [0.3, 0.4) is 0 Å². The number of terminal acetylenes is 1. The molecule has 1 aromatic carbocycles. The third-order valence-corrected chi connectivity index (χ3v) is 3.37. The molecule has 0 saturated carbocycles. The molecule has 1 aromatic heterocycles. The van der Waals surface area contributed by atoms with Crippen molar-refractivity contribution >= 4 is 28.7 Å². The van der Waals surface area contributed by atoms with Crippen LogP contribution in [0.1, 0.15) is 0 Å². The predicted octanol–water partition coefficient (Wildman–Crippen LogP) is 2.35. The van der Waals surface area contributed by atoms with Gasteiger partial charge >= 0.3 is 0 Å². The first kappa shape index (κ1) is 11.9. The van der Waals surface area contributed by atoms with Crippen molar-refractivity contribution in [2.24, 2.45) is 7.05 Å². The number of hydrogen-bond donors (Lipinski definition) is 1. The molecule has 0 saturated heterocycles. The van der Waals surface area contributed by atoms with E-state index in [1.54, 1.807) is 11.8 Å². The number of aryl methyl sites for hydroxylation is 1. The summed E-state index contributed by atoms with van der Waals surface area (Å²) in [4.78, 5) is 4.53. The maximum absolute atomic E-state index is 5.19. The molecule has 4 heteroatoms. The van der Waals surface area contributed by atoms with Crippen LogP contribution in [0.15, 0.2) is 24.3 Å². The van der Waals surface area contributed by atoms with Crippen molar-refractivity contribution in [3.05, 3.63) is 24.3 Å². The zero-order chi connectivity index (χ0) is 12.1. The van der Waals surface area contributed by atoms with Gasteiger partial charge < -0.3 is 9.88 Å². The maximum atomic E-state index is 5.19. The number of rotatable bonds is 5. The molecule has 1 N–H and O–H groups in total. The summed E-state index contributed by atoms with van der Waals surface area (Å²) >= 11 is 1.75. The molecule has 0 fully saturated rings. The molecule has 0 radical (unpaired) electrons. The molecule has 0 amide bonds. The zero-order valence-corrected chi connectivity index (χ0v) is 10.6. The van der Waals surface area contributed by atoms with Gasteiger partial charge in [-0.15, -0.1) is 18.2 Å². The smallest absolute Gasteiger partial charge is 0.203 e. The summed E-state index contributed by atoms with van der Waals surface area (Å²) in [5, 5.41) is 3.32. The van der Waals surface area contributed by atoms with E-state index in [0.29, 0.717) is 0 Å². The molecule has 0 aliphatic carbocycles. The van der Waals surface area contributed by atoms with Crippen molar-refractivity contribution < 1.29 is 0 Å². The molecule has 0 aliphatic rings. The minimum absolute atomic E-state index is 0.768. The molecule has 0 bridgehead atoms. The zero-order valence-electron chi connectivity index (χ0n) is 9.81. The molecule has 0 aliphatic heterocycles. The SMILES string of the molecule is C#CCSCCNc1nc2ccccc2n1C. The van der Waals surface area contributed by atoms with Crippen LogP contribution in [-0.4, -0.2) is 27.6 Å². The fourth-order valence-electron chi connectivity index (χ4n) is 1.67. The lowest BCUT2D eigenvalue weighted by atomic mass is 10.3. The van der Waals surface area contributed by atoms with Crippen molar-refractivity contribution in [3.8, 4) is 12.3 Å². The Kier molecular flexibility index (Phi) is 3.94. The molecule has 0 spiro atoms. The van der Waals surface area contributed by atoms with Gasteiger partial charge in [0.2, 0.25) is 5.95 Å². The Morgan fingerprint density at radius 2 is 2.29 bits per heavy atom. The maximum Gasteiger partial charge on any atom is 0.203 e. The van der Waals surface area contributed by atoms with Crippen LogP contribution in [0, 0.1) is 12.3 Å². The number of anilines is 1. The van der Waals surface area contributed by atoms with Gasteiger partial charge in [0.1, 0.15) is 0 Å². The lowest BCUT2D eigenvalue weighted by Crippen LogP contribution is -2.08. The number of hydrogen-bond acceptors (Lipinski definition) is 3. The number of benzene rings is 1. The first-order chi connectivity index (χ1) is 8.33. The number of nitrogens with zero attached hydrogens (tertiary/aromatic N) is 2. The largest absolute Gasteiger partial charge is 0.355 e. The summed E-state index contributed by atoms with van der Waals surface area (Å²) in [7, 11) is 2.02. The summed E-state index contributed by atoms with van der Waals surface area (Å²) in [6.45, 7) is 0.878. The lowest BCUT2D eigenvalue weighted by Gasteiger charge is -2.04. The van der Waals surface area contributed by atoms with E-state index in [1.165, 1.54) is 0 Å². The molecule has 88 valence electrons. The second kappa shape index (κ2) is 5.65. The van der Waals surface area contributed by atoms with Gasteiger partial charge in [0, 0.05) is 19.3 Å². The minimum Gasteiger partial charge on any atom is -0.355 e. The second-order valence-corrected chi connectivity index (χ2v) is 4.77. The predicted molar refractivity (Wildman–Crippen MR) is 75.4 cm³/mol. The topological polar surface area (TPSA) is 29.9 Å². The molecule has 3 nitrogen and oxygen atoms in total. The highest BCUT2D eigenvalue weighted by atomic mass is 32.2. The van der Waals surface area contributed by atoms with Gasteiger partial charge in [-0.1, -0.05) is 18.1 Å². The normalized spacial score (nSPS) is 10.4. The molecule has 2 rings (SSSR count). The number of para-hydroxylation sites is 2. The number of fused-ring (bicyclic) bond motifs is 1. The third-order valence-electron chi connectivity index (χ3n) is 2.50. The molecule has 2 aromatic rings. The van der Waals surface area contributed by atoms with Crippen molar-refractivity contribution in [1.82, 2.24) is 9.55 Å². The van der Waals surface area contributed by atoms with E-state index >= 15 is 0 Å². The number of imidazole rings is 1. The Labute approximate surface area is 106 Å². The summed E-state index contributed by atoms with van der Waals surface area (Å²) in [5.74, 6) is 5.28. The highest BCUT2D eigenvalue weighted by Gasteiger charge is 2.05. The van der Waals surface area contributed by atoms with Gasteiger partial charge in [-0.3, -0.25) is 0 Å². The van der Waals surface area contributed by atoms with Crippen LogP contribution in [0.5, 0.6) is 0 Å². The number of aromatic nitrogens is 2. The van der Waals surface area contributed by atoms with E-state index in [0.717, 1.165) is 35.0 Å². The first-order valence-electron chi connectivity index (χ1n) is 5.49.